The first-order valence-corrected chi connectivity index (χ1v) is 11.7. The third-order valence-corrected chi connectivity index (χ3v) is 5.56. The van der Waals surface area contributed by atoms with Gasteiger partial charge in [0.05, 0.1) is 0 Å². The molecule has 0 amide bonds. The van der Waals surface area contributed by atoms with E-state index in [0.29, 0.717) is 23.3 Å². The highest BCUT2D eigenvalue weighted by Crippen LogP contribution is 2.05. The molecule has 0 aliphatic carbocycles. The molecule has 3 rings (SSSR count). The zero-order valence-corrected chi connectivity index (χ0v) is 19.8. The van der Waals surface area contributed by atoms with Gasteiger partial charge in [-0.05, 0) is 59.5 Å². The van der Waals surface area contributed by atoms with Crippen molar-refractivity contribution < 1.29 is 0 Å². The number of benzene rings is 3. The molecule has 0 spiro atoms. The molecule has 0 unspecified atom stereocenters. The predicted octanol–water partition coefficient (Wildman–Crippen LogP) is 4.10. The van der Waals surface area contributed by atoms with E-state index in [9.17, 15) is 0 Å². The van der Waals surface area contributed by atoms with Crippen LogP contribution in [-0.4, -0.2) is 23.3 Å². The fraction of sp³-hybridized carbons (Fsp3) is 0.231. The third kappa shape index (κ3) is 9.04. The Morgan fingerprint density at radius 2 is 0.906 bits per heavy atom. The number of thiocarbonyl (C=S) groups is 2. The van der Waals surface area contributed by atoms with Gasteiger partial charge in [0.1, 0.15) is 0 Å². The van der Waals surface area contributed by atoms with Gasteiger partial charge in [-0.15, -0.1) is 0 Å². The molecule has 4 nitrogen and oxygen atoms in total. The minimum atomic E-state index is 0.674. The van der Waals surface area contributed by atoms with E-state index in [1.165, 1.54) is 22.3 Å². The molecular weight excluding hydrogens is 432 g/mol. The molecule has 0 fully saturated rings. The van der Waals surface area contributed by atoms with E-state index in [4.69, 9.17) is 24.4 Å². The highest BCUT2D eigenvalue weighted by molar-refractivity contribution is 7.80. The zero-order chi connectivity index (χ0) is 22.4. The molecular formula is C26H30N4S2. The summed E-state index contributed by atoms with van der Waals surface area (Å²) in [6.07, 6.45) is 1.90. The van der Waals surface area contributed by atoms with E-state index in [0.717, 1.165) is 25.9 Å². The van der Waals surface area contributed by atoms with Gasteiger partial charge in [0, 0.05) is 26.2 Å². The number of hydrogen-bond donors (Lipinski definition) is 4. The summed E-state index contributed by atoms with van der Waals surface area (Å²) in [5, 5.41) is 14.5. The standard InChI is InChI=1S/C26H30N4S2/c31-25(27-16-14-21-8-3-1-4-9-21)29-19-23-12-7-13-24(18-23)20-30-26(32)28-17-15-22-10-5-2-6-11-22/h1-13,18H,14-17,19-20H2,(H2,27,29,31)(H2,28,30,32). The monoisotopic (exact) mass is 462 g/mol. The average Bonchev–Trinajstić information content (AvgIpc) is 2.83. The Hall–Kier alpha value is -2.96. The van der Waals surface area contributed by atoms with Crippen molar-refractivity contribution in [1.29, 1.82) is 0 Å². The van der Waals surface area contributed by atoms with Gasteiger partial charge in [-0.2, -0.15) is 0 Å². The van der Waals surface area contributed by atoms with Crippen LogP contribution in [-0.2, 0) is 25.9 Å². The van der Waals surface area contributed by atoms with Gasteiger partial charge < -0.3 is 21.3 Å². The highest BCUT2D eigenvalue weighted by atomic mass is 32.1. The molecule has 0 aliphatic heterocycles. The Labute approximate surface area is 201 Å². The maximum Gasteiger partial charge on any atom is 0.166 e. The molecule has 6 heteroatoms. The van der Waals surface area contributed by atoms with E-state index < -0.39 is 0 Å². The molecule has 166 valence electrons. The largest absolute Gasteiger partial charge is 0.362 e. The molecule has 32 heavy (non-hydrogen) atoms. The number of hydrogen-bond acceptors (Lipinski definition) is 2. The minimum absolute atomic E-state index is 0.674. The molecule has 0 heterocycles. The summed E-state index contributed by atoms with van der Waals surface area (Å²) in [6.45, 7) is 3.00. The number of rotatable bonds is 10. The van der Waals surface area contributed by atoms with Crippen LogP contribution in [0.15, 0.2) is 84.9 Å². The lowest BCUT2D eigenvalue weighted by Crippen LogP contribution is -2.36. The Bertz CT molecular complexity index is 901. The van der Waals surface area contributed by atoms with Crippen LogP contribution in [0.4, 0.5) is 0 Å². The van der Waals surface area contributed by atoms with Crippen LogP contribution >= 0.6 is 24.4 Å². The quantitative estimate of drug-likeness (QED) is 0.341. The normalized spacial score (nSPS) is 10.2. The van der Waals surface area contributed by atoms with Crippen LogP contribution in [0.3, 0.4) is 0 Å². The van der Waals surface area contributed by atoms with Crippen LogP contribution < -0.4 is 21.3 Å². The molecule has 3 aromatic rings. The highest BCUT2D eigenvalue weighted by Gasteiger charge is 2.01. The fourth-order valence-corrected chi connectivity index (χ4v) is 3.62. The molecule has 0 bridgehead atoms. The lowest BCUT2D eigenvalue weighted by Gasteiger charge is -2.13. The SMILES string of the molecule is S=C(NCCc1ccccc1)NCc1cccc(CNC(=S)NCCc2ccccc2)c1. The molecule has 0 atom stereocenters. The van der Waals surface area contributed by atoms with Gasteiger partial charge in [-0.3, -0.25) is 0 Å². The fourth-order valence-electron chi connectivity index (χ4n) is 3.27. The van der Waals surface area contributed by atoms with Crippen molar-refractivity contribution in [1.82, 2.24) is 21.3 Å². The van der Waals surface area contributed by atoms with Gasteiger partial charge in [0.2, 0.25) is 0 Å². The van der Waals surface area contributed by atoms with Crippen molar-refractivity contribution in [2.45, 2.75) is 25.9 Å². The van der Waals surface area contributed by atoms with E-state index in [1.54, 1.807) is 0 Å². The maximum atomic E-state index is 5.40. The van der Waals surface area contributed by atoms with E-state index in [-0.39, 0.29) is 0 Å². The lowest BCUT2D eigenvalue weighted by molar-refractivity contribution is 0.806. The summed E-state index contributed by atoms with van der Waals surface area (Å²) in [7, 11) is 0. The molecule has 0 aromatic heterocycles. The van der Waals surface area contributed by atoms with E-state index in [1.807, 2.05) is 12.1 Å². The van der Waals surface area contributed by atoms with Crippen LogP contribution in [0.5, 0.6) is 0 Å². The van der Waals surface area contributed by atoms with Crippen molar-refractivity contribution in [3.05, 3.63) is 107 Å². The smallest absolute Gasteiger partial charge is 0.166 e. The van der Waals surface area contributed by atoms with Gasteiger partial charge >= 0.3 is 0 Å². The van der Waals surface area contributed by atoms with Gasteiger partial charge in [-0.1, -0.05) is 84.9 Å². The predicted molar refractivity (Wildman–Crippen MR) is 142 cm³/mol. The second kappa shape index (κ2) is 13.5. The first kappa shape index (κ1) is 23.7. The molecule has 0 saturated carbocycles. The summed E-state index contributed by atoms with van der Waals surface area (Å²) in [4.78, 5) is 0. The summed E-state index contributed by atoms with van der Waals surface area (Å²) < 4.78 is 0. The maximum absolute atomic E-state index is 5.40. The van der Waals surface area contributed by atoms with Crippen molar-refractivity contribution in [2.24, 2.45) is 0 Å². The lowest BCUT2D eigenvalue weighted by atomic mass is 10.1. The molecule has 0 saturated heterocycles. The molecule has 0 radical (unpaired) electrons. The zero-order valence-electron chi connectivity index (χ0n) is 18.1. The second-order valence-electron chi connectivity index (χ2n) is 7.51. The van der Waals surface area contributed by atoms with Crippen molar-refractivity contribution >= 4 is 34.7 Å². The summed E-state index contributed by atoms with van der Waals surface area (Å²) in [5.41, 5.74) is 4.96. The van der Waals surface area contributed by atoms with Crippen molar-refractivity contribution in [2.75, 3.05) is 13.1 Å². The first-order valence-electron chi connectivity index (χ1n) is 10.9. The van der Waals surface area contributed by atoms with Crippen LogP contribution in [0.1, 0.15) is 22.3 Å². The van der Waals surface area contributed by atoms with E-state index in [2.05, 4.69) is 94.1 Å². The summed E-state index contributed by atoms with van der Waals surface area (Å²) in [6, 6.07) is 29.2. The summed E-state index contributed by atoms with van der Waals surface area (Å²) in [5.74, 6) is 0. The Kier molecular flexibility index (Phi) is 9.96. The van der Waals surface area contributed by atoms with E-state index >= 15 is 0 Å². The Morgan fingerprint density at radius 1 is 0.500 bits per heavy atom. The van der Waals surface area contributed by atoms with Crippen molar-refractivity contribution in [3.8, 4) is 0 Å². The van der Waals surface area contributed by atoms with Crippen LogP contribution in [0.25, 0.3) is 0 Å². The van der Waals surface area contributed by atoms with Gasteiger partial charge in [-0.25, -0.2) is 0 Å². The third-order valence-electron chi connectivity index (χ3n) is 4.98. The summed E-state index contributed by atoms with van der Waals surface area (Å²) >= 11 is 10.8. The first-order chi connectivity index (χ1) is 15.7. The second-order valence-corrected chi connectivity index (χ2v) is 8.33. The Balaban J connectivity index is 1.32. The topological polar surface area (TPSA) is 48.1 Å². The van der Waals surface area contributed by atoms with Crippen LogP contribution in [0.2, 0.25) is 0 Å². The Morgan fingerprint density at radius 3 is 1.34 bits per heavy atom. The molecule has 4 N–H and O–H groups in total. The molecule has 0 aliphatic rings. The minimum Gasteiger partial charge on any atom is -0.362 e. The van der Waals surface area contributed by atoms with Gasteiger partial charge in [0.25, 0.3) is 0 Å². The van der Waals surface area contributed by atoms with Crippen molar-refractivity contribution in [3.63, 3.8) is 0 Å². The number of nitrogens with one attached hydrogen (secondary N) is 4. The average molecular weight is 463 g/mol. The van der Waals surface area contributed by atoms with Gasteiger partial charge in [0.15, 0.2) is 10.2 Å². The van der Waals surface area contributed by atoms with Crippen LogP contribution in [0, 0.1) is 0 Å². The molecule has 3 aromatic carbocycles.